The molecule has 0 spiro atoms. The third-order valence-corrected chi connectivity index (χ3v) is 4.68. The summed E-state index contributed by atoms with van der Waals surface area (Å²) in [6.45, 7) is 0. The molecular weight excluding hydrogens is 290 g/mol. The maximum atomic E-state index is 11.9. The smallest absolute Gasteiger partial charge is 0.306 e. The van der Waals surface area contributed by atoms with Gasteiger partial charge in [0.25, 0.3) is 0 Å². The minimum Gasteiger partial charge on any atom is -0.508 e. The number of ether oxygens (including phenoxy) is 1. The molecule has 0 radical (unpaired) electrons. The molecule has 1 aromatic heterocycles. The number of phenols is 1. The van der Waals surface area contributed by atoms with Crippen LogP contribution in [-0.2, 0) is 16.0 Å². The van der Waals surface area contributed by atoms with Crippen molar-refractivity contribution < 1.29 is 14.6 Å². The van der Waals surface area contributed by atoms with Gasteiger partial charge in [-0.2, -0.15) is 0 Å². The van der Waals surface area contributed by atoms with E-state index in [4.69, 9.17) is 4.74 Å². The number of hydrogen-bond donors (Lipinski definition) is 2. The third-order valence-electron chi connectivity index (χ3n) is 4.68. The van der Waals surface area contributed by atoms with Crippen molar-refractivity contribution in [2.75, 3.05) is 0 Å². The van der Waals surface area contributed by atoms with Gasteiger partial charge < -0.3 is 14.8 Å². The molecule has 0 saturated heterocycles. The number of nitrogens with one attached hydrogen (secondary N) is 1. The fourth-order valence-electron chi connectivity index (χ4n) is 3.39. The van der Waals surface area contributed by atoms with Gasteiger partial charge in [0.1, 0.15) is 11.9 Å². The van der Waals surface area contributed by atoms with Crippen LogP contribution in [0.5, 0.6) is 5.75 Å². The summed E-state index contributed by atoms with van der Waals surface area (Å²) in [5.41, 5.74) is 2.19. The minimum atomic E-state index is -0.0410. The molecule has 2 aromatic rings. The fourth-order valence-corrected chi connectivity index (χ4v) is 3.39. The van der Waals surface area contributed by atoms with Crippen LogP contribution in [0, 0.1) is 0 Å². The van der Waals surface area contributed by atoms with Crippen LogP contribution in [0.3, 0.4) is 0 Å². The van der Waals surface area contributed by atoms with Crippen LogP contribution in [0.1, 0.15) is 56.9 Å². The van der Waals surface area contributed by atoms with Crippen molar-refractivity contribution >= 4 is 16.9 Å². The molecule has 4 nitrogen and oxygen atoms in total. The van der Waals surface area contributed by atoms with E-state index in [0.717, 1.165) is 43.0 Å². The summed E-state index contributed by atoms with van der Waals surface area (Å²) >= 11 is 0. The van der Waals surface area contributed by atoms with Crippen molar-refractivity contribution in [2.45, 2.75) is 63.9 Å². The summed E-state index contributed by atoms with van der Waals surface area (Å²) in [4.78, 5) is 15.0. The van der Waals surface area contributed by atoms with Gasteiger partial charge in [0.15, 0.2) is 0 Å². The van der Waals surface area contributed by atoms with Gasteiger partial charge in [-0.3, -0.25) is 4.79 Å². The maximum absolute atomic E-state index is 11.9. The highest BCUT2D eigenvalue weighted by atomic mass is 16.5. The molecular formula is C19H25NO3. The van der Waals surface area contributed by atoms with E-state index in [1.807, 2.05) is 12.3 Å². The summed E-state index contributed by atoms with van der Waals surface area (Å²) in [5, 5.41) is 10.6. The predicted octanol–water partition coefficient (Wildman–Crippen LogP) is 4.46. The first kappa shape index (κ1) is 15.9. The van der Waals surface area contributed by atoms with Crippen LogP contribution in [0.4, 0.5) is 0 Å². The number of unbranched alkanes of at least 4 members (excludes halogenated alkanes) is 1. The second kappa shape index (κ2) is 7.53. The number of aromatic amines is 1. The molecule has 2 N–H and O–H groups in total. The quantitative estimate of drug-likeness (QED) is 0.611. The van der Waals surface area contributed by atoms with Gasteiger partial charge in [0.05, 0.1) is 0 Å². The van der Waals surface area contributed by atoms with Crippen molar-refractivity contribution in [3.8, 4) is 5.75 Å². The van der Waals surface area contributed by atoms with Crippen LogP contribution in [0.2, 0.25) is 0 Å². The van der Waals surface area contributed by atoms with E-state index in [-0.39, 0.29) is 17.8 Å². The zero-order valence-corrected chi connectivity index (χ0v) is 13.5. The lowest BCUT2D eigenvalue weighted by molar-refractivity contribution is -0.150. The number of carbonyl (C=O) groups is 1. The highest BCUT2D eigenvalue weighted by molar-refractivity contribution is 5.84. The number of H-pyrrole nitrogens is 1. The van der Waals surface area contributed by atoms with E-state index in [9.17, 15) is 9.90 Å². The first-order valence-corrected chi connectivity index (χ1v) is 8.71. The Kier molecular flexibility index (Phi) is 5.21. The van der Waals surface area contributed by atoms with Gasteiger partial charge >= 0.3 is 5.97 Å². The van der Waals surface area contributed by atoms with Gasteiger partial charge in [-0.05, 0) is 62.6 Å². The number of aromatic nitrogens is 1. The van der Waals surface area contributed by atoms with E-state index in [2.05, 4.69) is 4.98 Å². The molecule has 23 heavy (non-hydrogen) atoms. The van der Waals surface area contributed by atoms with Gasteiger partial charge in [-0.1, -0.05) is 6.42 Å². The molecule has 1 saturated carbocycles. The lowest BCUT2D eigenvalue weighted by atomic mass is 9.98. The molecule has 0 bridgehead atoms. The highest BCUT2D eigenvalue weighted by Crippen LogP contribution is 2.24. The monoisotopic (exact) mass is 315 g/mol. The van der Waals surface area contributed by atoms with E-state index in [1.54, 1.807) is 12.1 Å². The Morgan fingerprint density at radius 2 is 2.04 bits per heavy atom. The Balaban J connectivity index is 1.41. The van der Waals surface area contributed by atoms with Crippen LogP contribution >= 0.6 is 0 Å². The first-order chi connectivity index (χ1) is 11.2. The van der Waals surface area contributed by atoms with Crippen molar-refractivity contribution in [3.63, 3.8) is 0 Å². The normalized spacial score (nSPS) is 15.8. The zero-order valence-electron chi connectivity index (χ0n) is 13.5. The number of carbonyl (C=O) groups excluding carboxylic acids is 1. The molecule has 1 fully saturated rings. The van der Waals surface area contributed by atoms with Crippen LogP contribution in [0.25, 0.3) is 10.9 Å². The molecule has 1 aromatic carbocycles. The Bertz CT molecular complexity index is 656. The van der Waals surface area contributed by atoms with Crippen molar-refractivity contribution in [1.82, 2.24) is 4.98 Å². The number of phenolic OH excluding ortho intramolecular Hbond substituents is 1. The molecule has 3 rings (SSSR count). The fraction of sp³-hybridized carbons (Fsp3) is 0.526. The first-order valence-electron chi connectivity index (χ1n) is 8.71. The minimum absolute atomic E-state index is 0.0410. The van der Waals surface area contributed by atoms with E-state index in [0.29, 0.717) is 6.42 Å². The summed E-state index contributed by atoms with van der Waals surface area (Å²) in [6.07, 6.45) is 11.1. The third kappa shape index (κ3) is 4.27. The van der Waals surface area contributed by atoms with Crippen molar-refractivity contribution in [1.29, 1.82) is 0 Å². The number of aromatic hydroxyl groups is 1. The Labute approximate surface area is 136 Å². The Hall–Kier alpha value is -1.97. The predicted molar refractivity (Wildman–Crippen MR) is 90.5 cm³/mol. The number of hydrogen-bond acceptors (Lipinski definition) is 3. The largest absolute Gasteiger partial charge is 0.508 e. The lowest BCUT2D eigenvalue weighted by Crippen LogP contribution is -2.20. The lowest BCUT2D eigenvalue weighted by Gasteiger charge is -2.21. The second-order valence-corrected chi connectivity index (χ2v) is 6.50. The topological polar surface area (TPSA) is 62.3 Å². The van der Waals surface area contributed by atoms with Gasteiger partial charge in [-0.25, -0.2) is 0 Å². The second-order valence-electron chi connectivity index (χ2n) is 6.50. The molecule has 0 atom stereocenters. The highest BCUT2D eigenvalue weighted by Gasteiger charge is 2.17. The molecule has 1 aliphatic rings. The Morgan fingerprint density at radius 3 is 2.87 bits per heavy atom. The number of fused-ring (bicyclic) bond motifs is 1. The molecule has 124 valence electrons. The van der Waals surface area contributed by atoms with E-state index in [1.165, 1.54) is 24.8 Å². The number of rotatable bonds is 6. The number of benzene rings is 1. The van der Waals surface area contributed by atoms with Crippen molar-refractivity contribution in [2.24, 2.45) is 0 Å². The molecule has 4 heteroatoms. The van der Waals surface area contributed by atoms with Gasteiger partial charge in [0, 0.05) is 29.6 Å². The molecule has 0 amide bonds. The Morgan fingerprint density at radius 1 is 1.22 bits per heavy atom. The standard InChI is InChI=1S/C19H25NO3/c21-15-10-11-17-14(13-20-18(17)12-15)6-4-5-9-19(22)23-16-7-2-1-3-8-16/h10-13,16,20-21H,1-9H2. The SMILES string of the molecule is O=C(CCCCc1c[nH]c2cc(O)ccc12)OC1CCCCC1. The molecule has 1 aliphatic carbocycles. The number of aryl methyl sites for hydroxylation is 1. The molecule has 0 unspecified atom stereocenters. The van der Waals surface area contributed by atoms with Gasteiger partial charge in [-0.15, -0.1) is 0 Å². The van der Waals surface area contributed by atoms with Crippen LogP contribution in [0.15, 0.2) is 24.4 Å². The average molecular weight is 315 g/mol. The molecule has 0 aliphatic heterocycles. The zero-order chi connectivity index (χ0) is 16.1. The summed E-state index contributed by atoms with van der Waals surface area (Å²) in [7, 11) is 0. The van der Waals surface area contributed by atoms with Gasteiger partial charge in [0.2, 0.25) is 0 Å². The average Bonchev–Trinajstić information content (AvgIpc) is 2.94. The molecule has 1 heterocycles. The van der Waals surface area contributed by atoms with Crippen molar-refractivity contribution in [3.05, 3.63) is 30.0 Å². The van der Waals surface area contributed by atoms with E-state index < -0.39 is 0 Å². The summed E-state index contributed by atoms with van der Waals surface area (Å²) < 4.78 is 5.54. The van der Waals surface area contributed by atoms with Crippen LogP contribution < -0.4 is 0 Å². The number of esters is 1. The maximum Gasteiger partial charge on any atom is 0.306 e. The summed E-state index contributed by atoms with van der Waals surface area (Å²) in [6, 6.07) is 5.38. The van der Waals surface area contributed by atoms with Crippen LogP contribution in [-0.4, -0.2) is 22.2 Å². The summed E-state index contributed by atoms with van der Waals surface area (Å²) in [5.74, 6) is 0.233. The van der Waals surface area contributed by atoms with E-state index >= 15 is 0 Å².